The number of nitrogens with one attached hydrogen (secondary N) is 10. The van der Waals surface area contributed by atoms with Crippen LogP contribution < -0.4 is 59.7 Å². The van der Waals surface area contributed by atoms with E-state index in [2.05, 4.69) is 62.5 Å². The molecule has 1 aliphatic rings. The number of para-hydroxylation sites is 1. The van der Waals surface area contributed by atoms with Gasteiger partial charge in [-0.3, -0.25) is 52.9 Å². The first-order chi connectivity index (χ1) is 37.8. The number of H-pyrrole nitrogens is 2. The van der Waals surface area contributed by atoms with Crippen LogP contribution in [0.2, 0.25) is 0 Å². The number of hydrogen-bond acceptors (Lipinski definition) is 14. The first-order valence-corrected chi connectivity index (χ1v) is 25.6. The molecule has 1 aliphatic heterocycles. The van der Waals surface area contributed by atoms with E-state index in [0.29, 0.717) is 29.7 Å². The summed E-state index contributed by atoms with van der Waals surface area (Å²) in [6.45, 7) is 1.70. The summed E-state index contributed by atoms with van der Waals surface area (Å²) in [5.41, 5.74) is 18.4. The smallest absolute Gasteiger partial charge is 0.245 e. The fourth-order valence-corrected chi connectivity index (χ4v) is 8.81. The number of likely N-dealkylation sites (tertiary alicyclic amines) is 1. The molecule has 79 heavy (non-hydrogen) atoms. The number of guanidine groups is 1. The Kier molecular flexibility index (Phi) is 23.1. The summed E-state index contributed by atoms with van der Waals surface area (Å²) in [4.78, 5) is 149. The third kappa shape index (κ3) is 18.9. The number of benzene rings is 2. The maximum atomic E-state index is 14.2. The lowest BCUT2D eigenvalue weighted by molar-refractivity contribution is -0.142. The van der Waals surface area contributed by atoms with Gasteiger partial charge >= 0.3 is 0 Å². The summed E-state index contributed by atoms with van der Waals surface area (Å²) < 4.78 is 0. The maximum absolute atomic E-state index is 14.2. The van der Waals surface area contributed by atoms with Crippen molar-refractivity contribution >= 4 is 76.4 Å². The van der Waals surface area contributed by atoms with Crippen molar-refractivity contribution in [1.29, 1.82) is 0 Å². The molecule has 0 bridgehead atoms. The Balaban J connectivity index is 1.30. The highest BCUT2D eigenvalue weighted by molar-refractivity contribution is 5.98. The molecule has 28 nitrogen and oxygen atoms in total. The van der Waals surface area contributed by atoms with E-state index in [1.54, 1.807) is 38.2 Å². The van der Waals surface area contributed by atoms with Crippen molar-refractivity contribution in [1.82, 2.24) is 62.4 Å². The lowest BCUT2D eigenvalue weighted by atomic mass is 10.0. The number of carbonyl (C=O) groups excluding carboxylic acids is 10. The summed E-state index contributed by atoms with van der Waals surface area (Å²) in [7, 11) is 0. The molecule has 1 saturated heterocycles. The van der Waals surface area contributed by atoms with E-state index >= 15 is 0 Å². The third-order valence-electron chi connectivity index (χ3n) is 12.7. The number of rotatable bonds is 31. The minimum absolute atomic E-state index is 0.0219. The van der Waals surface area contributed by atoms with Crippen molar-refractivity contribution in [3.05, 3.63) is 84.1 Å². The van der Waals surface area contributed by atoms with Crippen LogP contribution in [-0.4, -0.2) is 171 Å². The van der Waals surface area contributed by atoms with Crippen molar-refractivity contribution < 1.29 is 58.2 Å². The molecule has 0 spiro atoms. The van der Waals surface area contributed by atoms with Crippen LogP contribution in [0.4, 0.5) is 0 Å². The number of aromatic hydroxyl groups is 1. The van der Waals surface area contributed by atoms with Crippen LogP contribution in [0, 0.1) is 5.92 Å². The molecule has 2 aromatic heterocycles. The van der Waals surface area contributed by atoms with Crippen LogP contribution in [0.25, 0.3) is 10.9 Å². The van der Waals surface area contributed by atoms with Crippen LogP contribution in [0.1, 0.15) is 62.8 Å². The zero-order chi connectivity index (χ0) is 57.6. The van der Waals surface area contributed by atoms with Crippen LogP contribution in [0.15, 0.2) is 72.2 Å². The number of carbonyl (C=O) groups is 10. The van der Waals surface area contributed by atoms with Gasteiger partial charge in [0.2, 0.25) is 59.6 Å². The van der Waals surface area contributed by atoms with E-state index in [1.807, 2.05) is 6.07 Å². The number of aliphatic imine (C=N–C) groups is 1. The molecule has 10 amide bonds. The van der Waals surface area contributed by atoms with Crippen molar-refractivity contribution in [3.63, 3.8) is 0 Å². The van der Waals surface area contributed by atoms with E-state index in [0.717, 1.165) is 10.9 Å². The van der Waals surface area contributed by atoms with Gasteiger partial charge in [0.05, 0.1) is 26.0 Å². The second-order valence-corrected chi connectivity index (χ2v) is 19.3. The third-order valence-corrected chi connectivity index (χ3v) is 12.7. The minimum atomic E-state index is -1.71. The lowest BCUT2D eigenvalue weighted by Crippen LogP contribution is -2.60. The van der Waals surface area contributed by atoms with Crippen LogP contribution in [0.3, 0.4) is 0 Å². The standard InChI is InChI=1S/C51H70N16O12/c1-28(2)17-37(46(75)63-35(9-5-15-56-51(53)54)50(79)67-16-6-10-41(67)49(78)58-23-42(52)71)62-43(72)24-59-44(73)38(18-29-11-13-32(70)14-12-29)64-48(77)40(25-68)66-47(76)39(19-30-21-57-34-8-4-3-7-33(30)34)65-45(74)36(61-27-69)20-31-22-55-26-60-31/h3-4,7-8,11-14,21-22,26-28,35-41,57,68,70H,5-6,9-10,15-20,23-25H2,1-2H3,(H2,52,71)(H,55,60)(H,58,78)(H,59,73)(H,61,69)(H,62,72)(H,63,75)(H,64,77)(H,65,74)(H,66,76)(H4,53,54,56). The Labute approximate surface area is 454 Å². The molecular formula is C51H70N16O12. The zero-order valence-electron chi connectivity index (χ0n) is 43.8. The molecule has 7 unspecified atom stereocenters. The monoisotopic (exact) mass is 1100 g/mol. The number of nitrogens with zero attached hydrogens (tertiary/aromatic N) is 3. The Morgan fingerprint density at radius 3 is 2.09 bits per heavy atom. The van der Waals surface area contributed by atoms with Gasteiger partial charge in [-0.25, -0.2) is 4.98 Å². The Hall–Kier alpha value is -9.08. The molecule has 0 radical (unpaired) electrons. The summed E-state index contributed by atoms with van der Waals surface area (Å²) in [6, 6.07) is 3.68. The number of fused-ring (bicyclic) bond motifs is 1. The number of aromatic nitrogens is 3. The zero-order valence-corrected chi connectivity index (χ0v) is 43.8. The highest BCUT2D eigenvalue weighted by Gasteiger charge is 2.39. The summed E-state index contributed by atoms with van der Waals surface area (Å²) in [5, 5.41) is 41.5. The molecule has 0 aliphatic carbocycles. The number of imidazole rings is 1. The number of amides is 10. The fourth-order valence-electron chi connectivity index (χ4n) is 8.81. The number of phenolic OH excluding ortho intramolecular Hbond substituents is 1. The van der Waals surface area contributed by atoms with Gasteiger partial charge in [0.25, 0.3) is 0 Å². The number of aliphatic hydroxyl groups is 1. The van der Waals surface area contributed by atoms with Crippen LogP contribution >= 0.6 is 0 Å². The maximum Gasteiger partial charge on any atom is 0.245 e. The van der Waals surface area contributed by atoms with E-state index in [4.69, 9.17) is 17.2 Å². The Morgan fingerprint density at radius 1 is 0.772 bits per heavy atom. The first kappa shape index (κ1) is 60.8. The Morgan fingerprint density at radius 2 is 1.43 bits per heavy atom. The van der Waals surface area contributed by atoms with E-state index in [-0.39, 0.29) is 75.7 Å². The number of primary amides is 1. The summed E-state index contributed by atoms with van der Waals surface area (Å²) >= 11 is 0. The SMILES string of the molecule is CC(C)CC(NC(=O)CNC(=O)C(Cc1ccc(O)cc1)NC(=O)C(CO)NC(=O)C(Cc1c[nH]c2ccccc12)NC(=O)C(Cc1cnc[nH]1)NC=O)C(=O)NC(CCCN=C(N)N)C(=O)N1CCCC1C(=O)NCC(N)=O. The van der Waals surface area contributed by atoms with Gasteiger partial charge in [-0.1, -0.05) is 44.2 Å². The molecule has 28 heteroatoms. The number of phenols is 1. The molecule has 5 rings (SSSR count). The minimum Gasteiger partial charge on any atom is -0.508 e. The van der Waals surface area contributed by atoms with Gasteiger partial charge in [0, 0.05) is 61.3 Å². The second kappa shape index (κ2) is 30.0. The molecule has 2 aromatic carbocycles. The normalized spacial score (nSPS) is 15.2. The molecule has 1 fully saturated rings. The van der Waals surface area contributed by atoms with Gasteiger partial charge < -0.3 is 84.8 Å². The van der Waals surface area contributed by atoms with E-state index in [1.165, 1.54) is 41.7 Å². The molecule has 18 N–H and O–H groups in total. The van der Waals surface area contributed by atoms with E-state index in [9.17, 15) is 58.2 Å². The topological polar surface area (TPSA) is 446 Å². The average Bonchev–Trinajstić information content (AvgIpc) is 4.27. The van der Waals surface area contributed by atoms with E-state index < -0.39 is 115 Å². The predicted molar refractivity (Wildman–Crippen MR) is 285 cm³/mol. The summed E-state index contributed by atoms with van der Waals surface area (Å²) in [5.74, 6) is -7.67. The highest BCUT2D eigenvalue weighted by atomic mass is 16.3. The van der Waals surface area contributed by atoms with Crippen molar-refractivity contribution in [2.24, 2.45) is 28.1 Å². The number of aromatic amines is 2. The van der Waals surface area contributed by atoms with Gasteiger partial charge in [-0.2, -0.15) is 0 Å². The van der Waals surface area contributed by atoms with Crippen molar-refractivity contribution in [3.8, 4) is 5.75 Å². The second-order valence-electron chi connectivity index (χ2n) is 19.3. The number of hydrogen-bond donors (Lipinski definition) is 15. The molecule has 4 aromatic rings. The largest absolute Gasteiger partial charge is 0.508 e. The van der Waals surface area contributed by atoms with Gasteiger partial charge in [0.15, 0.2) is 5.96 Å². The van der Waals surface area contributed by atoms with Crippen LogP contribution in [0.5, 0.6) is 5.75 Å². The molecule has 0 saturated carbocycles. The quantitative estimate of drug-likeness (QED) is 0.00988. The molecule has 426 valence electrons. The Bertz CT molecular complexity index is 2780. The van der Waals surface area contributed by atoms with Crippen LogP contribution in [-0.2, 0) is 67.2 Å². The molecule has 7 atom stereocenters. The molecular weight excluding hydrogens is 1030 g/mol. The average molecular weight is 1100 g/mol. The first-order valence-electron chi connectivity index (χ1n) is 25.6. The lowest BCUT2D eigenvalue weighted by Gasteiger charge is -2.30. The predicted octanol–water partition coefficient (Wildman–Crippen LogP) is -4.04. The number of nitrogens with two attached hydrogens (primary N) is 3. The van der Waals surface area contributed by atoms with Gasteiger partial charge in [0.1, 0.15) is 48.0 Å². The van der Waals surface area contributed by atoms with Crippen molar-refractivity contribution in [2.75, 3.05) is 32.8 Å². The molecule has 3 heterocycles. The highest BCUT2D eigenvalue weighted by Crippen LogP contribution is 2.22. The fraction of sp³-hybridized carbons (Fsp3) is 0.451. The van der Waals surface area contributed by atoms with Gasteiger partial charge in [-0.15, -0.1) is 0 Å². The number of aliphatic hydroxyl groups excluding tert-OH is 1. The van der Waals surface area contributed by atoms with Gasteiger partial charge in [-0.05, 0) is 67.3 Å². The summed E-state index contributed by atoms with van der Waals surface area (Å²) in [6.07, 6.45) is 5.53. The van der Waals surface area contributed by atoms with Crippen molar-refractivity contribution in [2.45, 2.75) is 108 Å².